The molecule has 53 heavy (non-hydrogen) atoms. The summed E-state index contributed by atoms with van der Waals surface area (Å²) in [6.45, 7) is 13.2. The van der Waals surface area contributed by atoms with E-state index in [4.69, 9.17) is 23.7 Å². The molecule has 1 aromatic carbocycles. The molecule has 4 rings (SSSR count). The number of ether oxygens (including phenoxy) is 5. The van der Waals surface area contributed by atoms with Gasteiger partial charge in [0.2, 0.25) is 0 Å². The lowest BCUT2D eigenvalue weighted by atomic mass is 9.74. The van der Waals surface area contributed by atoms with Crippen molar-refractivity contribution in [2.24, 2.45) is 23.7 Å². The summed E-state index contributed by atoms with van der Waals surface area (Å²) < 4.78 is 45.3. The van der Waals surface area contributed by atoms with E-state index < -0.39 is 89.4 Å². The molecule has 13 heteroatoms. The Balaban J connectivity index is 1.81. The summed E-state index contributed by atoms with van der Waals surface area (Å²) in [7, 11) is 3.45. The van der Waals surface area contributed by atoms with E-state index in [9.17, 15) is 34.1 Å². The Bertz CT molecular complexity index is 1420. The number of benzene rings is 1. The number of carbonyl (C=O) groups excluding carboxylic acids is 3. The monoisotopic (exact) mass is 751 g/mol. The third-order valence-electron chi connectivity index (χ3n) is 12.0. The fraction of sp³-hybridized carbons (Fsp3) is 0.775. The smallest absolute Gasteiger partial charge is 0.312 e. The maximum atomic E-state index is 14.1. The first-order chi connectivity index (χ1) is 24.7. The first-order valence-electron chi connectivity index (χ1n) is 19.1. The van der Waals surface area contributed by atoms with Gasteiger partial charge in [-0.05, 0) is 84.5 Å². The predicted octanol–water partition coefficient (Wildman–Crippen LogP) is 3.98. The van der Waals surface area contributed by atoms with Crippen molar-refractivity contribution < 1.29 is 57.8 Å². The van der Waals surface area contributed by atoms with E-state index >= 15 is 0 Å². The van der Waals surface area contributed by atoms with Gasteiger partial charge in [0.1, 0.15) is 35.5 Å². The second-order valence-electron chi connectivity index (χ2n) is 16.3. The Labute approximate surface area is 313 Å². The Morgan fingerprint density at radius 1 is 1.08 bits per heavy atom. The summed E-state index contributed by atoms with van der Waals surface area (Å²) in [5.74, 6) is -6.24. The van der Waals surface area contributed by atoms with Crippen molar-refractivity contribution in [2.75, 3.05) is 14.2 Å². The van der Waals surface area contributed by atoms with Gasteiger partial charge in [0, 0.05) is 36.9 Å². The first-order valence-corrected chi connectivity index (χ1v) is 19.1. The number of aliphatic hydroxyl groups excluding tert-OH is 2. The zero-order valence-electron chi connectivity index (χ0n) is 33.0. The highest BCUT2D eigenvalue weighted by Gasteiger charge is 2.53. The minimum atomic E-state index is -2.01. The number of hydrogen-bond acceptors (Lipinski definition) is 12. The van der Waals surface area contributed by atoms with Gasteiger partial charge < -0.3 is 39.0 Å². The highest BCUT2D eigenvalue weighted by Crippen LogP contribution is 2.41. The molecular weight excluding hydrogens is 689 g/mol. The van der Waals surface area contributed by atoms with Gasteiger partial charge in [-0.15, -0.1) is 0 Å². The number of methoxy groups -OCH3 is 1. The van der Waals surface area contributed by atoms with Crippen LogP contribution in [0.4, 0.5) is 4.39 Å². The molecule has 0 bridgehead atoms. The van der Waals surface area contributed by atoms with Crippen LogP contribution in [0.15, 0.2) is 24.3 Å². The van der Waals surface area contributed by atoms with Gasteiger partial charge in [-0.3, -0.25) is 19.3 Å². The molecule has 1 aromatic rings. The predicted molar refractivity (Wildman–Crippen MR) is 193 cm³/mol. The van der Waals surface area contributed by atoms with E-state index in [1.807, 2.05) is 14.0 Å². The Kier molecular flexibility index (Phi) is 14.3. The zero-order chi connectivity index (χ0) is 39.6. The highest BCUT2D eigenvalue weighted by atomic mass is 19.1. The fourth-order valence-corrected chi connectivity index (χ4v) is 8.43. The van der Waals surface area contributed by atoms with E-state index in [-0.39, 0.29) is 37.2 Å². The quantitative estimate of drug-likeness (QED) is 0.312. The second-order valence-corrected chi connectivity index (χ2v) is 16.3. The van der Waals surface area contributed by atoms with Crippen LogP contribution in [0.25, 0.3) is 0 Å². The standard InChI is InChI=1S/C40H62FNO11/c1-11-30-40(8,48)35(46)23(4)32(44)21(2)20-39(7,49-10)36(53-38-33(45)29(17-22(3)50-38)42(9)28-15-16-28)24(5)34(25(6)37(47)51-30)52-31(43)19-26-13-12-14-27(41)18-26/h12-14,18,21-25,28-30,33-36,38,45-46,48H,11,15-17,19-20H2,1-10H3/t21-,22-,23+,24+,25-,29+,30-,33-,34+,35-,36-,38+,39-,40-/m1/s1. The topological polar surface area (TPSA) is 161 Å². The third kappa shape index (κ3) is 9.84. The number of aliphatic hydroxyl groups is 3. The van der Waals surface area contributed by atoms with Crippen LogP contribution in [0.2, 0.25) is 0 Å². The van der Waals surface area contributed by atoms with Crippen LogP contribution in [0.5, 0.6) is 0 Å². The fourth-order valence-electron chi connectivity index (χ4n) is 8.43. The molecule has 0 amide bonds. The number of Topliss-reactive ketones (excluding diaryl/α,β-unsaturated/α-hetero) is 1. The van der Waals surface area contributed by atoms with Gasteiger partial charge >= 0.3 is 11.9 Å². The van der Waals surface area contributed by atoms with Crippen molar-refractivity contribution >= 4 is 17.7 Å². The Hall–Kier alpha value is -2.52. The molecule has 0 spiro atoms. The molecule has 2 aliphatic heterocycles. The molecule has 3 aliphatic rings. The average Bonchev–Trinajstić information content (AvgIpc) is 3.96. The van der Waals surface area contributed by atoms with E-state index in [1.54, 1.807) is 33.8 Å². The normalized spacial score (nSPS) is 40.7. The second kappa shape index (κ2) is 17.5. The maximum Gasteiger partial charge on any atom is 0.312 e. The number of halogens is 1. The number of rotatable bonds is 9. The van der Waals surface area contributed by atoms with Crippen molar-refractivity contribution in [3.05, 3.63) is 35.6 Å². The summed E-state index contributed by atoms with van der Waals surface area (Å²) in [5, 5.41) is 34.7. The number of ketones is 1. The lowest BCUT2D eigenvalue weighted by molar-refractivity contribution is -0.302. The largest absolute Gasteiger partial charge is 0.461 e. The van der Waals surface area contributed by atoms with Crippen molar-refractivity contribution in [1.29, 1.82) is 0 Å². The number of carbonyl (C=O) groups is 3. The molecule has 1 saturated carbocycles. The average molecular weight is 752 g/mol. The lowest BCUT2D eigenvalue weighted by Crippen LogP contribution is -2.61. The van der Waals surface area contributed by atoms with Crippen LogP contribution in [0.3, 0.4) is 0 Å². The lowest BCUT2D eigenvalue weighted by Gasteiger charge is -2.48. The van der Waals surface area contributed by atoms with Crippen LogP contribution >= 0.6 is 0 Å². The van der Waals surface area contributed by atoms with E-state index in [0.717, 1.165) is 12.8 Å². The van der Waals surface area contributed by atoms with Gasteiger partial charge in [0.05, 0.1) is 36.3 Å². The molecule has 0 unspecified atom stereocenters. The van der Waals surface area contributed by atoms with Crippen molar-refractivity contribution in [3.63, 3.8) is 0 Å². The van der Waals surface area contributed by atoms with Crippen LogP contribution in [-0.2, 0) is 44.5 Å². The first kappa shape index (κ1) is 43.2. The molecule has 14 atom stereocenters. The molecule has 300 valence electrons. The summed E-state index contributed by atoms with van der Waals surface area (Å²) in [5.41, 5.74) is -2.97. The van der Waals surface area contributed by atoms with Crippen molar-refractivity contribution in [3.8, 4) is 0 Å². The van der Waals surface area contributed by atoms with Crippen LogP contribution in [0, 0.1) is 29.5 Å². The molecule has 1 aliphatic carbocycles. The van der Waals surface area contributed by atoms with Gasteiger partial charge in [0.25, 0.3) is 0 Å². The Morgan fingerprint density at radius 2 is 1.74 bits per heavy atom. The Morgan fingerprint density at radius 3 is 2.32 bits per heavy atom. The number of esters is 2. The van der Waals surface area contributed by atoms with Gasteiger partial charge in [-0.2, -0.15) is 0 Å². The number of nitrogens with zero attached hydrogens (tertiary/aromatic N) is 1. The molecule has 3 N–H and O–H groups in total. The zero-order valence-corrected chi connectivity index (χ0v) is 33.0. The molecule has 3 fully saturated rings. The number of hydrogen-bond donors (Lipinski definition) is 3. The molecule has 12 nitrogen and oxygen atoms in total. The summed E-state index contributed by atoms with van der Waals surface area (Å²) in [6, 6.07) is 5.63. The maximum absolute atomic E-state index is 14.1. The summed E-state index contributed by atoms with van der Waals surface area (Å²) in [4.78, 5) is 43.8. The third-order valence-corrected chi connectivity index (χ3v) is 12.0. The summed E-state index contributed by atoms with van der Waals surface area (Å²) in [6.07, 6.45) is -5.12. The number of cyclic esters (lactones) is 1. The van der Waals surface area contributed by atoms with Crippen molar-refractivity contribution in [1.82, 2.24) is 4.90 Å². The van der Waals surface area contributed by atoms with E-state index in [0.29, 0.717) is 18.0 Å². The minimum Gasteiger partial charge on any atom is -0.461 e. The van der Waals surface area contributed by atoms with Gasteiger partial charge in [-0.25, -0.2) is 4.39 Å². The van der Waals surface area contributed by atoms with Gasteiger partial charge in [0.15, 0.2) is 6.29 Å². The van der Waals surface area contributed by atoms with E-state index in [1.165, 1.54) is 46.1 Å². The van der Waals surface area contributed by atoms with Crippen LogP contribution in [0.1, 0.15) is 93.1 Å². The van der Waals surface area contributed by atoms with Gasteiger partial charge in [-0.1, -0.05) is 39.8 Å². The van der Waals surface area contributed by atoms with E-state index in [2.05, 4.69) is 4.90 Å². The van der Waals surface area contributed by atoms with Crippen LogP contribution < -0.4 is 0 Å². The molecule has 0 aromatic heterocycles. The molecular formula is C40H62FNO11. The highest BCUT2D eigenvalue weighted by molar-refractivity contribution is 5.83. The molecule has 0 radical (unpaired) electrons. The summed E-state index contributed by atoms with van der Waals surface area (Å²) >= 11 is 0. The minimum absolute atomic E-state index is 0.0559. The molecule has 2 heterocycles. The molecule has 2 saturated heterocycles. The van der Waals surface area contributed by atoms with Crippen LogP contribution in [-0.4, -0.2) is 118 Å². The van der Waals surface area contributed by atoms with Crippen molar-refractivity contribution in [2.45, 2.75) is 160 Å². The SMILES string of the molecule is CC[C@H]1OC(=O)[C@H](C)[C@@H](OC(=O)Cc2cccc(F)c2)[C@H](C)[C@@H](O[C@@H]2O[C@H](C)C[C@H](N(C)C3CC3)[C@H]2O)[C@](C)(OC)C[C@@H](C)C(=O)[C@H](C)[C@@H](O)[C@]1(C)O. The number of likely N-dealkylation sites (N-methyl/N-ethyl adjacent to an activating group) is 1.